The molecule has 0 N–H and O–H groups in total. The van der Waals surface area contributed by atoms with Gasteiger partial charge in [-0.15, -0.1) is 0 Å². The molecule has 0 aliphatic heterocycles. The molecule has 1 unspecified atom stereocenters. The predicted molar refractivity (Wildman–Crippen MR) is 325 cm³/mol. The van der Waals surface area contributed by atoms with Gasteiger partial charge in [-0.05, 0) is 122 Å². The normalized spacial score (nSPS) is 12.9. The molecule has 426 valence electrons. The van der Waals surface area contributed by atoms with Gasteiger partial charge in [-0.2, -0.15) is 0 Å². The standard InChI is InChI=1S/C69H114O6/c1-4-7-10-13-16-19-22-25-28-31-32-33-34-35-36-39-41-44-47-50-53-56-59-62-68(71)74-65-66(75-69(72)63-60-57-54-51-48-45-42-38-30-27-24-21-18-15-12-9-6-3)64-73-67(70)61-58-55-52-49-46-43-40-37-29-26-23-20-17-14-11-8-5-2/h7-12,16-21,25-30,32-33,66H,4-6,13-15,22-24,31,34-65H2,1-3H3/b10-7-,11-8-,12-9-,19-16-,20-17-,21-18-,28-25-,29-26-,30-27-,33-32-. The number of ether oxygens (including phenoxy) is 3. The molecule has 0 aliphatic rings. The van der Waals surface area contributed by atoms with Gasteiger partial charge in [0.15, 0.2) is 6.10 Å². The van der Waals surface area contributed by atoms with E-state index in [2.05, 4.69) is 142 Å². The number of hydrogen-bond acceptors (Lipinski definition) is 6. The minimum absolute atomic E-state index is 0.0897. The first-order chi connectivity index (χ1) is 37.0. The maximum absolute atomic E-state index is 12.9. The lowest BCUT2D eigenvalue weighted by molar-refractivity contribution is -0.167. The van der Waals surface area contributed by atoms with Crippen molar-refractivity contribution in [3.8, 4) is 0 Å². The fraction of sp³-hybridized carbons (Fsp3) is 0.667. The van der Waals surface area contributed by atoms with Gasteiger partial charge in [0.1, 0.15) is 13.2 Å². The summed E-state index contributed by atoms with van der Waals surface area (Å²) in [5.74, 6) is -0.909. The summed E-state index contributed by atoms with van der Waals surface area (Å²) in [6, 6.07) is 0. The van der Waals surface area contributed by atoms with Gasteiger partial charge in [-0.25, -0.2) is 0 Å². The van der Waals surface area contributed by atoms with Crippen LogP contribution in [0, 0.1) is 0 Å². The van der Waals surface area contributed by atoms with Crippen molar-refractivity contribution in [1.82, 2.24) is 0 Å². The topological polar surface area (TPSA) is 78.9 Å². The van der Waals surface area contributed by atoms with Gasteiger partial charge < -0.3 is 14.2 Å². The minimum atomic E-state index is -0.794. The number of unbranched alkanes of at least 4 members (excludes halogenated alkanes) is 24. The van der Waals surface area contributed by atoms with Crippen LogP contribution in [-0.4, -0.2) is 37.2 Å². The Labute approximate surface area is 462 Å². The quantitative estimate of drug-likeness (QED) is 0.0261. The molecule has 1 atom stereocenters. The summed E-state index contributed by atoms with van der Waals surface area (Å²) in [5.41, 5.74) is 0. The van der Waals surface area contributed by atoms with Crippen molar-refractivity contribution < 1.29 is 28.6 Å². The number of carbonyl (C=O) groups is 3. The molecule has 6 nitrogen and oxygen atoms in total. The van der Waals surface area contributed by atoms with E-state index in [1.165, 1.54) is 103 Å². The molecule has 0 radical (unpaired) electrons. The van der Waals surface area contributed by atoms with Crippen molar-refractivity contribution in [1.29, 1.82) is 0 Å². The number of esters is 3. The van der Waals surface area contributed by atoms with E-state index in [0.717, 1.165) is 135 Å². The highest BCUT2D eigenvalue weighted by atomic mass is 16.6. The van der Waals surface area contributed by atoms with E-state index in [9.17, 15) is 14.4 Å². The average Bonchev–Trinajstić information content (AvgIpc) is 3.41. The van der Waals surface area contributed by atoms with Gasteiger partial charge in [-0.3, -0.25) is 14.4 Å². The van der Waals surface area contributed by atoms with E-state index in [1.807, 2.05) is 0 Å². The Kier molecular flexibility index (Phi) is 58.9. The van der Waals surface area contributed by atoms with E-state index in [1.54, 1.807) is 0 Å². The molecule has 0 saturated carbocycles. The van der Waals surface area contributed by atoms with Crippen molar-refractivity contribution in [3.05, 3.63) is 122 Å². The Balaban J connectivity index is 4.40. The summed E-state index contributed by atoms with van der Waals surface area (Å²) < 4.78 is 16.9. The molecule has 0 aliphatic carbocycles. The smallest absolute Gasteiger partial charge is 0.306 e. The summed E-state index contributed by atoms with van der Waals surface area (Å²) in [6.45, 7) is 6.30. The molecule has 0 rings (SSSR count). The van der Waals surface area contributed by atoms with Crippen LogP contribution in [0.1, 0.15) is 278 Å². The van der Waals surface area contributed by atoms with E-state index in [4.69, 9.17) is 14.2 Å². The second kappa shape index (κ2) is 62.4. The number of rotatable bonds is 55. The molecular formula is C69H114O6. The van der Waals surface area contributed by atoms with Crippen molar-refractivity contribution >= 4 is 17.9 Å². The molecule has 0 spiro atoms. The molecule has 0 saturated heterocycles. The first kappa shape index (κ1) is 70.8. The molecule has 0 aromatic carbocycles. The molecule has 0 aromatic heterocycles. The van der Waals surface area contributed by atoms with Crippen LogP contribution in [0.4, 0.5) is 0 Å². The number of hydrogen-bond donors (Lipinski definition) is 0. The van der Waals surface area contributed by atoms with Crippen molar-refractivity contribution in [3.63, 3.8) is 0 Å². The zero-order valence-electron chi connectivity index (χ0n) is 48.8. The van der Waals surface area contributed by atoms with Gasteiger partial charge in [0, 0.05) is 19.3 Å². The Morgan fingerprint density at radius 2 is 0.480 bits per heavy atom. The Morgan fingerprint density at radius 3 is 0.747 bits per heavy atom. The summed E-state index contributed by atoms with van der Waals surface area (Å²) in [6.07, 6.45) is 86.2. The first-order valence-electron chi connectivity index (χ1n) is 31.0. The van der Waals surface area contributed by atoms with E-state index < -0.39 is 6.10 Å². The first-order valence-corrected chi connectivity index (χ1v) is 31.0. The molecule has 0 amide bonds. The third-order valence-electron chi connectivity index (χ3n) is 12.9. The van der Waals surface area contributed by atoms with E-state index in [0.29, 0.717) is 19.3 Å². The number of carbonyl (C=O) groups excluding carboxylic acids is 3. The summed E-state index contributed by atoms with van der Waals surface area (Å²) in [4.78, 5) is 38.3. The summed E-state index contributed by atoms with van der Waals surface area (Å²) >= 11 is 0. The molecule has 0 heterocycles. The zero-order valence-corrected chi connectivity index (χ0v) is 48.8. The molecule has 0 fully saturated rings. The lowest BCUT2D eigenvalue weighted by atomic mass is 10.1. The Morgan fingerprint density at radius 1 is 0.267 bits per heavy atom. The SMILES string of the molecule is CC/C=C\C/C=C\C/C=C\C/C=C\CCCCCCCCCCCCC(=O)OCC(COC(=O)CCCCCCCCC/C=C\C/C=C\C/C=C\CC)OC(=O)CCCCCCCCC/C=C\C/C=C\C/C=C\CC. The highest BCUT2D eigenvalue weighted by Gasteiger charge is 2.19. The second-order valence-corrected chi connectivity index (χ2v) is 20.2. The lowest BCUT2D eigenvalue weighted by Gasteiger charge is -2.18. The Bertz CT molecular complexity index is 1570. The van der Waals surface area contributed by atoms with E-state index in [-0.39, 0.29) is 31.1 Å². The maximum Gasteiger partial charge on any atom is 0.306 e. The van der Waals surface area contributed by atoms with E-state index >= 15 is 0 Å². The third kappa shape index (κ3) is 60.6. The third-order valence-corrected chi connectivity index (χ3v) is 12.9. The minimum Gasteiger partial charge on any atom is -0.462 e. The summed E-state index contributed by atoms with van der Waals surface area (Å²) in [7, 11) is 0. The van der Waals surface area contributed by atoms with Crippen LogP contribution in [0.3, 0.4) is 0 Å². The van der Waals surface area contributed by atoms with Crippen LogP contribution < -0.4 is 0 Å². The molecule has 6 heteroatoms. The maximum atomic E-state index is 12.9. The van der Waals surface area contributed by atoms with Crippen LogP contribution in [-0.2, 0) is 28.6 Å². The van der Waals surface area contributed by atoms with Crippen molar-refractivity contribution in [2.45, 2.75) is 284 Å². The highest BCUT2D eigenvalue weighted by Crippen LogP contribution is 2.15. The van der Waals surface area contributed by atoms with Crippen LogP contribution in [0.25, 0.3) is 0 Å². The largest absolute Gasteiger partial charge is 0.462 e. The summed E-state index contributed by atoms with van der Waals surface area (Å²) in [5, 5.41) is 0. The monoisotopic (exact) mass is 1040 g/mol. The molecule has 0 aromatic rings. The van der Waals surface area contributed by atoms with Gasteiger partial charge in [0.05, 0.1) is 0 Å². The fourth-order valence-corrected chi connectivity index (χ4v) is 8.40. The van der Waals surface area contributed by atoms with Gasteiger partial charge in [0.25, 0.3) is 0 Å². The van der Waals surface area contributed by atoms with Crippen LogP contribution in [0.5, 0.6) is 0 Å². The Hall–Kier alpha value is -4.19. The number of allylic oxidation sites excluding steroid dienone is 20. The predicted octanol–water partition coefficient (Wildman–Crippen LogP) is 21.2. The van der Waals surface area contributed by atoms with Crippen molar-refractivity contribution in [2.75, 3.05) is 13.2 Å². The molecule has 0 bridgehead atoms. The molecule has 75 heavy (non-hydrogen) atoms. The van der Waals surface area contributed by atoms with Crippen molar-refractivity contribution in [2.24, 2.45) is 0 Å². The van der Waals surface area contributed by atoms with Crippen LogP contribution in [0.15, 0.2) is 122 Å². The van der Waals surface area contributed by atoms with Crippen LogP contribution >= 0.6 is 0 Å². The lowest BCUT2D eigenvalue weighted by Crippen LogP contribution is -2.30. The second-order valence-electron chi connectivity index (χ2n) is 20.2. The molecular weight excluding hydrogens is 925 g/mol. The van der Waals surface area contributed by atoms with Gasteiger partial charge in [-0.1, -0.05) is 258 Å². The fourth-order valence-electron chi connectivity index (χ4n) is 8.40. The van der Waals surface area contributed by atoms with Crippen LogP contribution in [0.2, 0.25) is 0 Å². The van der Waals surface area contributed by atoms with Gasteiger partial charge in [0.2, 0.25) is 0 Å². The van der Waals surface area contributed by atoms with Gasteiger partial charge >= 0.3 is 17.9 Å². The highest BCUT2D eigenvalue weighted by molar-refractivity contribution is 5.71. The zero-order chi connectivity index (χ0) is 54.3. The average molecular weight is 1040 g/mol.